The monoisotopic (exact) mass is 613 g/mol. The molecule has 0 aliphatic rings. The van der Waals surface area contributed by atoms with Crippen LogP contribution in [0.25, 0.3) is 0 Å². The average Bonchev–Trinajstić information content (AvgIpc) is 2.98. The van der Waals surface area contributed by atoms with Crippen molar-refractivity contribution in [2.24, 2.45) is 0 Å². The second-order valence-corrected chi connectivity index (χ2v) is 12.6. The Morgan fingerprint density at radius 1 is 0.952 bits per heavy atom. The van der Waals surface area contributed by atoms with Crippen molar-refractivity contribution in [2.75, 3.05) is 30.8 Å². The lowest BCUT2D eigenvalue weighted by molar-refractivity contribution is -0.139. The summed E-state index contributed by atoms with van der Waals surface area (Å²) in [5.74, 6) is 0.297. The van der Waals surface area contributed by atoms with Gasteiger partial charge in [0.25, 0.3) is 10.0 Å². The Morgan fingerprint density at radius 3 is 2.19 bits per heavy atom. The molecule has 0 fully saturated rings. The first-order chi connectivity index (χ1) is 20.0. The van der Waals surface area contributed by atoms with Crippen LogP contribution < -0.4 is 19.1 Å². The molecule has 3 rings (SSSR count). The Morgan fingerprint density at radius 2 is 1.62 bits per heavy atom. The SMILES string of the molecule is CCOc1ccc(N(CC(=O)N(Cc2cccc(OC)c2)[C@@H](C)C(=O)NC(C)C)S(=O)(=O)c2ccc(SC)cc2)cc1. The number of amides is 2. The van der Waals surface area contributed by atoms with Gasteiger partial charge in [0.15, 0.2) is 0 Å². The van der Waals surface area contributed by atoms with Crippen LogP contribution in [0, 0.1) is 0 Å². The van der Waals surface area contributed by atoms with Crippen LogP contribution >= 0.6 is 11.8 Å². The number of benzene rings is 3. The lowest BCUT2D eigenvalue weighted by Crippen LogP contribution is -2.52. The molecule has 1 N–H and O–H groups in total. The Balaban J connectivity index is 2.04. The number of hydrogen-bond donors (Lipinski definition) is 1. The minimum Gasteiger partial charge on any atom is -0.497 e. The summed E-state index contributed by atoms with van der Waals surface area (Å²) in [7, 11) is -2.62. The van der Waals surface area contributed by atoms with Crippen molar-refractivity contribution >= 4 is 39.3 Å². The van der Waals surface area contributed by atoms with Gasteiger partial charge in [0.1, 0.15) is 24.1 Å². The average molecular weight is 614 g/mol. The van der Waals surface area contributed by atoms with E-state index in [-0.39, 0.29) is 23.4 Å². The van der Waals surface area contributed by atoms with Crippen LogP contribution in [0.2, 0.25) is 0 Å². The van der Waals surface area contributed by atoms with Crippen LogP contribution in [-0.2, 0) is 26.2 Å². The summed E-state index contributed by atoms with van der Waals surface area (Å²) in [6.45, 7) is 7.16. The number of carbonyl (C=O) groups excluding carboxylic acids is 2. The van der Waals surface area contributed by atoms with Crippen molar-refractivity contribution in [3.8, 4) is 11.5 Å². The largest absolute Gasteiger partial charge is 0.497 e. The van der Waals surface area contributed by atoms with Gasteiger partial charge in [-0.2, -0.15) is 0 Å². The minimum absolute atomic E-state index is 0.0481. The summed E-state index contributed by atoms with van der Waals surface area (Å²) >= 11 is 1.50. The van der Waals surface area contributed by atoms with Crippen molar-refractivity contribution in [1.82, 2.24) is 10.2 Å². The molecule has 0 bridgehead atoms. The summed E-state index contributed by atoms with van der Waals surface area (Å²) in [6, 6.07) is 19.2. The van der Waals surface area contributed by atoms with Crippen molar-refractivity contribution < 1.29 is 27.5 Å². The standard InChI is InChI=1S/C31H39N3O6S2/c1-7-40-26-13-11-25(12-14-26)34(42(37,38)29-17-15-28(41-6)16-18-29)21-30(35)33(23(4)31(36)32-22(2)3)20-24-9-8-10-27(19-24)39-5/h8-19,22-23H,7,20-21H2,1-6H3,(H,32,36)/t23-/m0/s1. The van der Waals surface area contributed by atoms with E-state index in [9.17, 15) is 18.0 Å². The number of anilines is 1. The Kier molecular flexibility index (Phi) is 11.7. The maximum atomic E-state index is 14.0. The molecule has 0 unspecified atom stereocenters. The van der Waals surface area contributed by atoms with Crippen molar-refractivity contribution in [3.05, 3.63) is 78.4 Å². The Hall–Kier alpha value is -3.70. The maximum absolute atomic E-state index is 14.0. The molecule has 0 saturated heterocycles. The Bertz CT molecular complexity index is 1440. The zero-order valence-corrected chi connectivity index (χ0v) is 26.5. The van der Waals surface area contributed by atoms with Crippen LogP contribution in [0.3, 0.4) is 0 Å². The molecule has 9 nitrogen and oxygen atoms in total. The third-order valence-corrected chi connectivity index (χ3v) is 8.98. The van der Waals surface area contributed by atoms with Crippen molar-refractivity contribution in [2.45, 2.75) is 56.1 Å². The second kappa shape index (κ2) is 15.0. The first-order valence-corrected chi connectivity index (χ1v) is 16.3. The summed E-state index contributed by atoms with van der Waals surface area (Å²) < 4.78 is 40.0. The number of rotatable bonds is 14. The van der Waals surface area contributed by atoms with E-state index in [1.54, 1.807) is 68.6 Å². The van der Waals surface area contributed by atoms with Gasteiger partial charge in [0, 0.05) is 17.5 Å². The molecule has 0 heterocycles. The van der Waals surface area contributed by atoms with Gasteiger partial charge < -0.3 is 19.7 Å². The zero-order chi connectivity index (χ0) is 30.9. The molecule has 0 saturated carbocycles. The van der Waals surface area contributed by atoms with Gasteiger partial charge in [-0.05, 0) is 100 Å². The number of ether oxygens (including phenoxy) is 2. The van der Waals surface area contributed by atoms with E-state index in [4.69, 9.17) is 9.47 Å². The van der Waals surface area contributed by atoms with Gasteiger partial charge in [-0.3, -0.25) is 13.9 Å². The number of thioether (sulfide) groups is 1. The van der Waals surface area contributed by atoms with E-state index in [2.05, 4.69) is 5.32 Å². The lowest BCUT2D eigenvalue weighted by Gasteiger charge is -2.32. The van der Waals surface area contributed by atoms with Crippen LogP contribution in [0.15, 0.2) is 82.6 Å². The molecule has 1 atom stereocenters. The summed E-state index contributed by atoms with van der Waals surface area (Å²) in [5, 5.41) is 2.85. The molecular formula is C31H39N3O6S2. The molecular weight excluding hydrogens is 574 g/mol. The minimum atomic E-state index is -4.17. The predicted octanol–water partition coefficient (Wildman–Crippen LogP) is 4.95. The molecule has 0 radical (unpaired) electrons. The van der Waals surface area contributed by atoms with E-state index < -0.39 is 28.5 Å². The topological polar surface area (TPSA) is 105 Å². The van der Waals surface area contributed by atoms with E-state index in [1.165, 1.54) is 28.8 Å². The van der Waals surface area contributed by atoms with E-state index in [0.29, 0.717) is 23.8 Å². The van der Waals surface area contributed by atoms with Gasteiger partial charge >= 0.3 is 0 Å². The number of hydrogen-bond acceptors (Lipinski definition) is 7. The van der Waals surface area contributed by atoms with Crippen molar-refractivity contribution in [1.29, 1.82) is 0 Å². The normalized spacial score (nSPS) is 12.0. The highest BCUT2D eigenvalue weighted by atomic mass is 32.2. The lowest BCUT2D eigenvalue weighted by atomic mass is 10.1. The predicted molar refractivity (Wildman–Crippen MR) is 167 cm³/mol. The van der Waals surface area contributed by atoms with Crippen LogP contribution in [0.1, 0.15) is 33.3 Å². The number of nitrogens with zero attached hydrogens (tertiary/aromatic N) is 2. The molecule has 0 spiro atoms. The number of sulfonamides is 1. The molecule has 0 aliphatic heterocycles. The van der Waals surface area contributed by atoms with Gasteiger partial charge in [-0.15, -0.1) is 11.8 Å². The second-order valence-electron chi connectivity index (χ2n) is 9.83. The quantitative estimate of drug-likeness (QED) is 0.257. The number of methoxy groups -OCH3 is 1. The van der Waals surface area contributed by atoms with Gasteiger partial charge in [-0.25, -0.2) is 8.42 Å². The fraction of sp³-hybridized carbons (Fsp3) is 0.355. The third kappa shape index (κ3) is 8.42. The molecule has 0 aromatic heterocycles. The van der Waals surface area contributed by atoms with E-state index in [0.717, 1.165) is 14.8 Å². The van der Waals surface area contributed by atoms with E-state index in [1.807, 2.05) is 33.1 Å². The molecule has 42 heavy (non-hydrogen) atoms. The van der Waals surface area contributed by atoms with Gasteiger partial charge in [0.05, 0.1) is 24.3 Å². The highest BCUT2D eigenvalue weighted by molar-refractivity contribution is 7.98. The van der Waals surface area contributed by atoms with Crippen LogP contribution in [0.4, 0.5) is 5.69 Å². The smallest absolute Gasteiger partial charge is 0.264 e. The third-order valence-electron chi connectivity index (χ3n) is 6.45. The van der Waals surface area contributed by atoms with Gasteiger partial charge in [-0.1, -0.05) is 12.1 Å². The fourth-order valence-electron chi connectivity index (χ4n) is 4.23. The first kappa shape index (κ1) is 32.8. The molecule has 0 aliphatic carbocycles. The van der Waals surface area contributed by atoms with E-state index >= 15 is 0 Å². The summed E-state index contributed by atoms with van der Waals surface area (Å²) in [5.41, 5.74) is 1.02. The van der Waals surface area contributed by atoms with Crippen LogP contribution in [0.5, 0.6) is 11.5 Å². The summed E-state index contributed by atoms with van der Waals surface area (Å²) in [4.78, 5) is 29.5. The highest BCUT2D eigenvalue weighted by Crippen LogP contribution is 2.28. The zero-order valence-electron chi connectivity index (χ0n) is 24.9. The fourth-order valence-corrected chi connectivity index (χ4v) is 6.06. The number of nitrogens with one attached hydrogen (secondary N) is 1. The molecule has 11 heteroatoms. The van der Waals surface area contributed by atoms with Gasteiger partial charge in [0.2, 0.25) is 11.8 Å². The maximum Gasteiger partial charge on any atom is 0.264 e. The van der Waals surface area contributed by atoms with Crippen molar-refractivity contribution in [3.63, 3.8) is 0 Å². The summed E-state index contributed by atoms with van der Waals surface area (Å²) in [6.07, 6.45) is 1.90. The number of carbonyl (C=O) groups is 2. The Labute approximate surface area is 253 Å². The molecule has 226 valence electrons. The first-order valence-electron chi connectivity index (χ1n) is 13.6. The molecule has 2 amide bonds. The van der Waals surface area contributed by atoms with Crippen LogP contribution in [-0.4, -0.2) is 63.7 Å². The molecule has 3 aromatic carbocycles. The highest BCUT2D eigenvalue weighted by Gasteiger charge is 2.32. The molecule has 3 aromatic rings.